The summed E-state index contributed by atoms with van der Waals surface area (Å²) in [6, 6.07) is 9.34. The molecule has 7 heteroatoms. The van der Waals surface area contributed by atoms with E-state index in [-0.39, 0.29) is 19.3 Å². The van der Waals surface area contributed by atoms with Gasteiger partial charge in [-0.05, 0) is 36.1 Å². The first kappa shape index (κ1) is 19.0. The molecular formula is C20H21ClN2O4. The summed E-state index contributed by atoms with van der Waals surface area (Å²) in [6.07, 6.45) is 1.45. The van der Waals surface area contributed by atoms with Crippen molar-refractivity contribution in [3.8, 4) is 17.2 Å². The minimum atomic E-state index is -0.362. The minimum absolute atomic E-state index is 0.130. The molecule has 0 unspecified atom stereocenters. The van der Waals surface area contributed by atoms with Crippen LogP contribution in [0.3, 0.4) is 0 Å². The van der Waals surface area contributed by atoms with Gasteiger partial charge in [-0.1, -0.05) is 37.6 Å². The van der Waals surface area contributed by atoms with Crippen molar-refractivity contribution in [2.75, 3.05) is 13.4 Å². The summed E-state index contributed by atoms with van der Waals surface area (Å²) in [4.78, 5) is 12.0. The predicted molar refractivity (Wildman–Crippen MR) is 104 cm³/mol. The normalized spacial score (nSPS) is 12.6. The summed E-state index contributed by atoms with van der Waals surface area (Å²) in [7, 11) is 0. The zero-order valence-corrected chi connectivity index (χ0v) is 16.2. The third-order valence-corrected chi connectivity index (χ3v) is 4.36. The summed E-state index contributed by atoms with van der Waals surface area (Å²) in [5.74, 6) is 1.84. The molecule has 1 amide bonds. The number of rotatable bonds is 6. The number of nitrogens with zero attached hydrogens (tertiary/aromatic N) is 1. The summed E-state index contributed by atoms with van der Waals surface area (Å²) >= 11 is 6.16. The van der Waals surface area contributed by atoms with Crippen LogP contribution in [0.2, 0.25) is 5.02 Å². The summed E-state index contributed by atoms with van der Waals surface area (Å²) < 4.78 is 16.2. The lowest BCUT2D eigenvalue weighted by Crippen LogP contribution is -2.25. The number of benzene rings is 2. The lowest BCUT2D eigenvalue weighted by atomic mass is 10.0. The van der Waals surface area contributed by atoms with Gasteiger partial charge in [-0.3, -0.25) is 4.79 Å². The lowest BCUT2D eigenvalue weighted by molar-refractivity contribution is -0.123. The average molecular weight is 389 g/mol. The molecule has 0 radical (unpaired) electrons. The molecular weight excluding hydrogens is 368 g/mol. The molecule has 0 saturated heterocycles. The van der Waals surface area contributed by atoms with E-state index in [1.807, 2.05) is 25.1 Å². The molecule has 1 N–H and O–H groups in total. The van der Waals surface area contributed by atoms with Gasteiger partial charge in [0.2, 0.25) is 6.79 Å². The number of halogens is 1. The van der Waals surface area contributed by atoms with Crippen LogP contribution in [0.1, 0.15) is 36.5 Å². The largest absolute Gasteiger partial charge is 0.483 e. The highest BCUT2D eigenvalue weighted by Crippen LogP contribution is 2.36. The number of carbonyl (C=O) groups is 1. The number of fused-ring (bicyclic) bond motifs is 1. The van der Waals surface area contributed by atoms with Gasteiger partial charge in [-0.15, -0.1) is 0 Å². The highest BCUT2D eigenvalue weighted by atomic mass is 35.5. The fourth-order valence-corrected chi connectivity index (χ4v) is 2.83. The van der Waals surface area contributed by atoms with E-state index in [0.29, 0.717) is 33.8 Å². The van der Waals surface area contributed by atoms with Gasteiger partial charge in [-0.25, -0.2) is 5.43 Å². The zero-order valence-electron chi connectivity index (χ0n) is 15.4. The zero-order chi connectivity index (χ0) is 19.4. The Balaban J connectivity index is 1.58. The van der Waals surface area contributed by atoms with Crippen LogP contribution in [-0.4, -0.2) is 25.5 Å². The van der Waals surface area contributed by atoms with Gasteiger partial charge in [0, 0.05) is 11.6 Å². The first-order chi connectivity index (χ1) is 12.9. The minimum Gasteiger partial charge on any atom is -0.483 e. The van der Waals surface area contributed by atoms with E-state index in [4.69, 9.17) is 25.8 Å². The molecule has 142 valence electrons. The molecule has 0 bridgehead atoms. The van der Waals surface area contributed by atoms with Crippen molar-refractivity contribution in [3.05, 3.63) is 52.0 Å². The number of carbonyl (C=O) groups excluding carboxylic acids is 1. The standard InChI is InChI=1S/C20H21ClN2O4/c1-12(2)15-5-4-13(3)6-17(15)25-10-20(24)23-22-9-14-7-18-19(8-16(14)21)27-11-26-18/h4-9,12H,10-11H2,1-3H3,(H,23,24)/b22-9-. The van der Waals surface area contributed by atoms with E-state index in [1.165, 1.54) is 6.21 Å². The molecule has 6 nitrogen and oxygen atoms in total. The first-order valence-corrected chi connectivity index (χ1v) is 8.96. The number of hydrogen-bond acceptors (Lipinski definition) is 5. The number of hydrazone groups is 1. The van der Waals surface area contributed by atoms with Crippen molar-refractivity contribution in [1.82, 2.24) is 5.43 Å². The topological polar surface area (TPSA) is 69.2 Å². The molecule has 1 heterocycles. The maximum Gasteiger partial charge on any atom is 0.277 e. The molecule has 0 atom stereocenters. The number of hydrogen-bond donors (Lipinski definition) is 1. The molecule has 0 fully saturated rings. The molecule has 1 aliphatic rings. The Bertz CT molecular complexity index is 881. The van der Waals surface area contributed by atoms with E-state index in [0.717, 1.165) is 11.1 Å². The number of aryl methyl sites for hydroxylation is 1. The van der Waals surface area contributed by atoms with Gasteiger partial charge in [-0.2, -0.15) is 5.10 Å². The lowest BCUT2D eigenvalue weighted by Gasteiger charge is -2.14. The van der Waals surface area contributed by atoms with Crippen molar-refractivity contribution < 1.29 is 19.0 Å². The Morgan fingerprint density at radius 1 is 1.30 bits per heavy atom. The van der Waals surface area contributed by atoms with E-state index in [1.54, 1.807) is 12.1 Å². The molecule has 0 aliphatic carbocycles. The van der Waals surface area contributed by atoms with Crippen LogP contribution < -0.4 is 19.6 Å². The molecule has 2 aromatic rings. The molecule has 27 heavy (non-hydrogen) atoms. The van der Waals surface area contributed by atoms with Crippen LogP contribution in [0.15, 0.2) is 35.4 Å². The monoisotopic (exact) mass is 388 g/mol. The van der Waals surface area contributed by atoms with Crippen molar-refractivity contribution in [2.45, 2.75) is 26.7 Å². The summed E-state index contributed by atoms with van der Waals surface area (Å²) in [6.45, 7) is 6.18. The second kappa shape index (κ2) is 8.31. The van der Waals surface area contributed by atoms with Crippen molar-refractivity contribution in [2.24, 2.45) is 5.10 Å². The summed E-state index contributed by atoms with van der Waals surface area (Å²) in [5.41, 5.74) is 5.18. The number of ether oxygens (including phenoxy) is 3. The second-order valence-electron chi connectivity index (χ2n) is 6.50. The number of amides is 1. The van der Waals surface area contributed by atoms with Gasteiger partial charge in [0.1, 0.15) is 5.75 Å². The van der Waals surface area contributed by atoms with Gasteiger partial charge in [0.05, 0.1) is 11.2 Å². The van der Waals surface area contributed by atoms with Crippen molar-refractivity contribution >= 4 is 23.7 Å². The Morgan fingerprint density at radius 2 is 2.04 bits per heavy atom. The van der Waals surface area contributed by atoms with Crippen LogP contribution >= 0.6 is 11.6 Å². The molecule has 0 saturated carbocycles. The molecule has 0 spiro atoms. The predicted octanol–water partition coefficient (Wildman–Crippen LogP) is 4.03. The quantitative estimate of drug-likeness (QED) is 0.599. The number of nitrogens with one attached hydrogen (secondary N) is 1. The average Bonchev–Trinajstić information content (AvgIpc) is 3.07. The van der Waals surface area contributed by atoms with Crippen LogP contribution in [-0.2, 0) is 4.79 Å². The van der Waals surface area contributed by atoms with E-state index >= 15 is 0 Å². The van der Waals surface area contributed by atoms with Crippen LogP contribution in [0.25, 0.3) is 0 Å². The van der Waals surface area contributed by atoms with Gasteiger partial charge >= 0.3 is 0 Å². The van der Waals surface area contributed by atoms with E-state index in [2.05, 4.69) is 24.4 Å². The summed E-state index contributed by atoms with van der Waals surface area (Å²) in [5, 5.41) is 4.38. The van der Waals surface area contributed by atoms with Crippen LogP contribution in [0, 0.1) is 6.92 Å². The fraction of sp³-hybridized carbons (Fsp3) is 0.300. The third kappa shape index (κ3) is 4.71. The van der Waals surface area contributed by atoms with Crippen LogP contribution in [0.4, 0.5) is 0 Å². The maximum atomic E-state index is 12.0. The van der Waals surface area contributed by atoms with Crippen LogP contribution in [0.5, 0.6) is 17.2 Å². The Morgan fingerprint density at radius 3 is 2.78 bits per heavy atom. The fourth-order valence-electron chi connectivity index (χ4n) is 2.62. The smallest absolute Gasteiger partial charge is 0.277 e. The molecule has 0 aromatic heterocycles. The van der Waals surface area contributed by atoms with Crippen molar-refractivity contribution in [3.63, 3.8) is 0 Å². The highest BCUT2D eigenvalue weighted by Gasteiger charge is 2.16. The first-order valence-electron chi connectivity index (χ1n) is 8.58. The Kier molecular flexibility index (Phi) is 5.86. The Hall–Kier alpha value is -2.73. The van der Waals surface area contributed by atoms with Gasteiger partial charge in [0.25, 0.3) is 5.91 Å². The van der Waals surface area contributed by atoms with E-state index < -0.39 is 0 Å². The molecule has 3 rings (SSSR count). The van der Waals surface area contributed by atoms with E-state index in [9.17, 15) is 4.79 Å². The maximum absolute atomic E-state index is 12.0. The highest BCUT2D eigenvalue weighted by molar-refractivity contribution is 6.33. The second-order valence-corrected chi connectivity index (χ2v) is 6.91. The van der Waals surface area contributed by atoms with Gasteiger partial charge in [0.15, 0.2) is 18.1 Å². The SMILES string of the molecule is Cc1ccc(C(C)C)c(OCC(=O)N/N=C\c2cc3c(cc2Cl)OCO3)c1. The molecule has 1 aliphatic heterocycles. The Labute approximate surface area is 163 Å². The third-order valence-electron chi connectivity index (χ3n) is 4.03. The van der Waals surface area contributed by atoms with Gasteiger partial charge < -0.3 is 14.2 Å². The molecule has 2 aromatic carbocycles. The van der Waals surface area contributed by atoms with Crippen molar-refractivity contribution in [1.29, 1.82) is 0 Å².